The van der Waals surface area contributed by atoms with Crippen LogP contribution in [0, 0.1) is 5.92 Å². The summed E-state index contributed by atoms with van der Waals surface area (Å²) in [6.45, 7) is 1.65. The first-order chi connectivity index (χ1) is 7.29. The second-order valence-electron chi connectivity index (χ2n) is 4.60. The third-order valence-corrected chi connectivity index (χ3v) is 3.53. The number of ether oxygens (including phenoxy) is 1. The summed E-state index contributed by atoms with van der Waals surface area (Å²) >= 11 is 0. The molecule has 2 aliphatic rings. The SMILES string of the molecule is COC1CNC(C(=O)NCC2CCC2)C1. The quantitative estimate of drug-likeness (QED) is 0.704. The number of hydrogen-bond acceptors (Lipinski definition) is 3. The highest BCUT2D eigenvalue weighted by atomic mass is 16.5. The van der Waals surface area contributed by atoms with E-state index in [1.54, 1.807) is 7.11 Å². The summed E-state index contributed by atoms with van der Waals surface area (Å²) in [6, 6.07) is -0.0463. The third kappa shape index (κ3) is 2.69. The Morgan fingerprint density at radius 2 is 2.33 bits per heavy atom. The molecule has 1 aliphatic heterocycles. The lowest BCUT2D eigenvalue weighted by molar-refractivity contribution is -0.123. The molecule has 2 fully saturated rings. The molecule has 0 aromatic carbocycles. The first kappa shape index (κ1) is 10.9. The van der Waals surface area contributed by atoms with E-state index in [2.05, 4.69) is 10.6 Å². The van der Waals surface area contributed by atoms with Gasteiger partial charge in [0.2, 0.25) is 5.91 Å². The average Bonchev–Trinajstić information content (AvgIpc) is 2.63. The van der Waals surface area contributed by atoms with Crippen LogP contribution in [-0.2, 0) is 9.53 Å². The summed E-state index contributed by atoms with van der Waals surface area (Å²) in [7, 11) is 1.70. The summed E-state index contributed by atoms with van der Waals surface area (Å²) in [5.41, 5.74) is 0. The van der Waals surface area contributed by atoms with Crippen molar-refractivity contribution in [1.82, 2.24) is 10.6 Å². The van der Waals surface area contributed by atoms with Crippen molar-refractivity contribution >= 4 is 5.91 Å². The molecular weight excluding hydrogens is 192 g/mol. The van der Waals surface area contributed by atoms with Crippen molar-refractivity contribution in [3.63, 3.8) is 0 Å². The van der Waals surface area contributed by atoms with E-state index < -0.39 is 0 Å². The molecular formula is C11H20N2O2. The van der Waals surface area contributed by atoms with E-state index in [4.69, 9.17) is 4.74 Å². The molecule has 15 heavy (non-hydrogen) atoms. The molecule has 0 bridgehead atoms. The summed E-state index contributed by atoms with van der Waals surface area (Å²) in [4.78, 5) is 11.7. The van der Waals surface area contributed by atoms with Gasteiger partial charge in [-0.15, -0.1) is 0 Å². The average molecular weight is 212 g/mol. The van der Waals surface area contributed by atoms with Crippen molar-refractivity contribution in [2.24, 2.45) is 5.92 Å². The molecule has 86 valence electrons. The summed E-state index contributed by atoms with van der Waals surface area (Å²) in [5, 5.41) is 6.19. The second kappa shape index (κ2) is 4.94. The maximum Gasteiger partial charge on any atom is 0.237 e. The van der Waals surface area contributed by atoms with E-state index in [-0.39, 0.29) is 18.1 Å². The molecule has 2 N–H and O–H groups in total. The van der Waals surface area contributed by atoms with Crippen LogP contribution in [0.1, 0.15) is 25.7 Å². The largest absolute Gasteiger partial charge is 0.380 e. The van der Waals surface area contributed by atoms with Crippen LogP contribution >= 0.6 is 0 Å². The molecule has 2 rings (SSSR count). The third-order valence-electron chi connectivity index (χ3n) is 3.53. The minimum absolute atomic E-state index is 0.0463. The molecule has 0 aromatic rings. The molecule has 1 heterocycles. The number of nitrogens with one attached hydrogen (secondary N) is 2. The molecule has 2 atom stereocenters. The summed E-state index contributed by atoms with van der Waals surface area (Å²) in [5.74, 6) is 0.870. The van der Waals surface area contributed by atoms with Crippen LogP contribution in [0.5, 0.6) is 0 Å². The van der Waals surface area contributed by atoms with Crippen LogP contribution in [0.15, 0.2) is 0 Å². The molecule has 1 amide bonds. The van der Waals surface area contributed by atoms with E-state index in [1.807, 2.05) is 0 Å². The Morgan fingerprint density at radius 3 is 2.87 bits per heavy atom. The number of carbonyl (C=O) groups excluding carboxylic acids is 1. The van der Waals surface area contributed by atoms with E-state index in [0.717, 1.165) is 25.4 Å². The van der Waals surface area contributed by atoms with Crippen molar-refractivity contribution in [2.45, 2.75) is 37.8 Å². The van der Waals surface area contributed by atoms with E-state index in [9.17, 15) is 4.79 Å². The Kier molecular flexibility index (Phi) is 3.59. The first-order valence-electron chi connectivity index (χ1n) is 5.83. The fraction of sp³-hybridized carbons (Fsp3) is 0.909. The minimum Gasteiger partial charge on any atom is -0.380 e. The van der Waals surface area contributed by atoms with Crippen LogP contribution in [0.4, 0.5) is 0 Å². The molecule has 0 spiro atoms. The maximum absolute atomic E-state index is 11.7. The lowest BCUT2D eigenvalue weighted by Crippen LogP contribution is -2.43. The molecule has 1 aliphatic carbocycles. The highest BCUT2D eigenvalue weighted by Gasteiger charge is 2.29. The van der Waals surface area contributed by atoms with Gasteiger partial charge in [0.05, 0.1) is 12.1 Å². The van der Waals surface area contributed by atoms with Crippen LogP contribution in [-0.4, -0.2) is 38.3 Å². The van der Waals surface area contributed by atoms with Gasteiger partial charge in [0.15, 0.2) is 0 Å². The van der Waals surface area contributed by atoms with Crippen molar-refractivity contribution in [3.8, 4) is 0 Å². The Bertz CT molecular complexity index is 229. The van der Waals surface area contributed by atoms with Crippen molar-refractivity contribution in [3.05, 3.63) is 0 Å². The predicted octanol–water partition coefficient (Wildman–Crippen LogP) is 0.280. The normalized spacial score (nSPS) is 31.3. The smallest absolute Gasteiger partial charge is 0.237 e. The van der Waals surface area contributed by atoms with Crippen LogP contribution in [0.2, 0.25) is 0 Å². The summed E-state index contributed by atoms with van der Waals surface area (Å²) in [6.07, 6.45) is 4.88. The van der Waals surface area contributed by atoms with E-state index in [1.165, 1.54) is 19.3 Å². The monoisotopic (exact) mass is 212 g/mol. The lowest BCUT2D eigenvalue weighted by atomic mass is 9.85. The Balaban J connectivity index is 1.66. The van der Waals surface area contributed by atoms with Gasteiger partial charge in [-0.3, -0.25) is 4.79 Å². The van der Waals surface area contributed by atoms with Crippen molar-refractivity contribution < 1.29 is 9.53 Å². The van der Waals surface area contributed by atoms with Gasteiger partial charge in [-0.1, -0.05) is 6.42 Å². The number of rotatable bonds is 4. The molecule has 4 heteroatoms. The van der Waals surface area contributed by atoms with Gasteiger partial charge in [0, 0.05) is 20.2 Å². The highest BCUT2D eigenvalue weighted by Crippen LogP contribution is 2.25. The second-order valence-corrected chi connectivity index (χ2v) is 4.60. The Morgan fingerprint density at radius 1 is 1.53 bits per heavy atom. The van der Waals surface area contributed by atoms with Crippen molar-refractivity contribution in [2.75, 3.05) is 20.2 Å². The highest BCUT2D eigenvalue weighted by molar-refractivity contribution is 5.82. The van der Waals surface area contributed by atoms with Crippen LogP contribution in [0.3, 0.4) is 0 Å². The molecule has 0 radical (unpaired) electrons. The summed E-state index contributed by atoms with van der Waals surface area (Å²) < 4.78 is 5.21. The lowest BCUT2D eigenvalue weighted by Gasteiger charge is -2.26. The van der Waals surface area contributed by atoms with Gasteiger partial charge in [-0.05, 0) is 25.2 Å². The van der Waals surface area contributed by atoms with Gasteiger partial charge >= 0.3 is 0 Å². The van der Waals surface area contributed by atoms with Crippen molar-refractivity contribution in [1.29, 1.82) is 0 Å². The number of hydrogen-bond donors (Lipinski definition) is 2. The fourth-order valence-electron chi connectivity index (χ4n) is 2.15. The Hall–Kier alpha value is -0.610. The van der Waals surface area contributed by atoms with Gasteiger partial charge in [0.1, 0.15) is 0 Å². The number of carbonyl (C=O) groups is 1. The number of amides is 1. The molecule has 1 saturated carbocycles. The molecule has 4 nitrogen and oxygen atoms in total. The van der Waals surface area contributed by atoms with E-state index in [0.29, 0.717) is 0 Å². The maximum atomic E-state index is 11.7. The zero-order valence-corrected chi connectivity index (χ0v) is 9.29. The van der Waals surface area contributed by atoms with Gasteiger partial charge < -0.3 is 15.4 Å². The van der Waals surface area contributed by atoms with Gasteiger partial charge in [0.25, 0.3) is 0 Å². The Labute approximate surface area is 90.8 Å². The zero-order chi connectivity index (χ0) is 10.7. The fourth-order valence-corrected chi connectivity index (χ4v) is 2.15. The minimum atomic E-state index is -0.0463. The number of methoxy groups -OCH3 is 1. The first-order valence-corrected chi connectivity index (χ1v) is 5.83. The molecule has 0 aromatic heterocycles. The predicted molar refractivity (Wildman–Crippen MR) is 57.6 cm³/mol. The topological polar surface area (TPSA) is 50.4 Å². The molecule has 1 saturated heterocycles. The van der Waals surface area contributed by atoms with Crippen LogP contribution in [0.25, 0.3) is 0 Å². The zero-order valence-electron chi connectivity index (χ0n) is 9.29. The van der Waals surface area contributed by atoms with E-state index >= 15 is 0 Å². The van der Waals surface area contributed by atoms with Crippen LogP contribution < -0.4 is 10.6 Å². The van der Waals surface area contributed by atoms with Gasteiger partial charge in [-0.2, -0.15) is 0 Å². The van der Waals surface area contributed by atoms with Gasteiger partial charge in [-0.25, -0.2) is 0 Å². The molecule has 2 unspecified atom stereocenters. The standard InChI is InChI=1S/C11H20N2O2/c1-15-9-5-10(12-7-9)11(14)13-6-8-3-2-4-8/h8-10,12H,2-7H2,1H3,(H,13,14).